The van der Waals surface area contributed by atoms with Crippen molar-refractivity contribution in [3.8, 4) is 5.69 Å². The molecule has 0 radical (unpaired) electrons. The molecule has 27 heavy (non-hydrogen) atoms. The van der Waals surface area contributed by atoms with Crippen molar-refractivity contribution < 1.29 is 4.79 Å². The molecule has 3 rings (SSSR count). The maximum Gasteiger partial charge on any atom is 0.229 e. The smallest absolute Gasteiger partial charge is 0.229 e. The van der Waals surface area contributed by atoms with Gasteiger partial charge in [-0.3, -0.25) is 4.79 Å². The zero-order chi connectivity index (χ0) is 19.4. The van der Waals surface area contributed by atoms with E-state index >= 15 is 0 Å². The van der Waals surface area contributed by atoms with Crippen LogP contribution in [0, 0.1) is 0 Å². The van der Waals surface area contributed by atoms with Crippen LogP contribution in [-0.4, -0.2) is 55.2 Å². The van der Waals surface area contributed by atoms with Crippen LogP contribution in [0.15, 0.2) is 29.4 Å². The number of rotatable bonds is 6. The molecular weight excluding hydrogens is 368 g/mol. The quantitative estimate of drug-likeness (QED) is 0.583. The Balaban J connectivity index is 1.79. The number of aromatic nitrogens is 7. The van der Waals surface area contributed by atoms with Crippen LogP contribution in [0.2, 0.25) is 0 Å². The highest BCUT2D eigenvalue weighted by atomic mass is 32.2. The number of anilines is 3. The molecule has 140 valence electrons. The standard InChI is InChI=1S/C15H18N10OS/c1-9(26)17-10-5-4-6-11(7-10)25-15(21-22-23-25)27-8-12-18-13(16)20-14(19-12)24(2)3/h4-7H,8H2,1-3H3,(H,17,26)(H2,16,18,19,20). The van der Waals surface area contributed by atoms with Gasteiger partial charge >= 0.3 is 0 Å². The van der Waals surface area contributed by atoms with Crippen molar-refractivity contribution in [2.75, 3.05) is 30.0 Å². The molecule has 0 aliphatic rings. The maximum atomic E-state index is 11.2. The molecule has 2 aromatic heterocycles. The summed E-state index contributed by atoms with van der Waals surface area (Å²) in [5.41, 5.74) is 7.13. The van der Waals surface area contributed by atoms with Gasteiger partial charge in [-0.1, -0.05) is 17.8 Å². The van der Waals surface area contributed by atoms with Gasteiger partial charge in [-0.15, -0.1) is 5.10 Å². The predicted molar refractivity (Wildman–Crippen MR) is 102 cm³/mol. The van der Waals surface area contributed by atoms with Crippen molar-refractivity contribution in [2.24, 2.45) is 0 Å². The summed E-state index contributed by atoms with van der Waals surface area (Å²) in [6.07, 6.45) is 0. The second kappa shape index (κ2) is 7.95. The fourth-order valence-corrected chi connectivity index (χ4v) is 2.91. The summed E-state index contributed by atoms with van der Waals surface area (Å²) in [7, 11) is 3.66. The summed E-state index contributed by atoms with van der Waals surface area (Å²) in [6, 6.07) is 7.23. The van der Waals surface area contributed by atoms with Crippen LogP contribution < -0.4 is 16.0 Å². The monoisotopic (exact) mass is 386 g/mol. The minimum atomic E-state index is -0.150. The number of nitrogens with two attached hydrogens (primary N) is 1. The van der Waals surface area contributed by atoms with Gasteiger partial charge in [0.15, 0.2) is 0 Å². The number of carbonyl (C=O) groups is 1. The van der Waals surface area contributed by atoms with Crippen molar-refractivity contribution in [3.05, 3.63) is 30.1 Å². The first-order valence-corrected chi connectivity index (χ1v) is 8.88. The van der Waals surface area contributed by atoms with E-state index in [2.05, 4.69) is 35.8 Å². The van der Waals surface area contributed by atoms with E-state index in [1.165, 1.54) is 18.7 Å². The highest BCUT2D eigenvalue weighted by Crippen LogP contribution is 2.23. The molecule has 0 spiro atoms. The molecule has 12 heteroatoms. The number of nitrogens with one attached hydrogen (secondary N) is 1. The van der Waals surface area contributed by atoms with Crippen LogP contribution in [0.5, 0.6) is 0 Å². The lowest BCUT2D eigenvalue weighted by Crippen LogP contribution is -2.16. The molecule has 0 saturated carbocycles. The largest absolute Gasteiger partial charge is 0.368 e. The lowest BCUT2D eigenvalue weighted by Gasteiger charge is -2.11. The second-order valence-corrected chi connectivity index (χ2v) is 6.64. The highest BCUT2D eigenvalue weighted by Gasteiger charge is 2.13. The first kappa shape index (κ1) is 18.5. The summed E-state index contributed by atoms with van der Waals surface area (Å²) in [4.78, 5) is 25.6. The molecule has 0 atom stereocenters. The van der Waals surface area contributed by atoms with Gasteiger partial charge in [0, 0.05) is 26.7 Å². The summed E-state index contributed by atoms with van der Waals surface area (Å²) in [5, 5.41) is 15.1. The average Bonchev–Trinajstić information content (AvgIpc) is 3.07. The van der Waals surface area contributed by atoms with Crippen LogP contribution in [0.1, 0.15) is 12.7 Å². The van der Waals surface area contributed by atoms with Crippen LogP contribution in [0.4, 0.5) is 17.6 Å². The topological polar surface area (TPSA) is 141 Å². The Morgan fingerprint density at radius 3 is 2.85 bits per heavy atom. The lowest BCUT2D eigenvalue weighted by atomic mass is 10.3. The van der Waals surface area contributed by atoms with Gasteiger partial charge in [0.25, 0.3) is 0 Å². The van der Waals surface area contributed by atoms with E-state index < -0.39 is 0 Å². The third kappa shape index (κ3) is 4.67. The maximum absolute atomic E-state index is 11.2. The van der Waals surface area contributed by atoms with Gasteiger partial charge in [-0.2, -0.15) is 19.6 Å². The summed E-state index contributed by atoms with van der Waals surface area (Å²) in [5.74, 6) is 1.44. The van der Waals surface area contributed by atoms with Crippen LogP contribution in [-0.2, 0) is 10.5 Å². The van der Waals surface area contributed by atoms with Gasteiger partial charge in [-0.05, 0) is 28.6 Å². The number of carbonyl (C=O) groups excluding carboxylic acids is 1. The Labute approximate surface area is 159 Å². The van der Waals surface area contributed by atoms with E-state index in [9.17, 15) is 4.79 Å². The predicted octanol–water partition coefficient (Wildman–Crippen LogP) is 0.746. The van der Waals surface area contributed by atoms with Crippen molar-refractivity contribution in [1.82, 2.24) is 35.2 Å². The van der Waals surface area contributed by atoms with Crippen molar-refractivity contribution >= 4 is 35.3 Å². The van der Waals surface area contributed by atoms with Crippen molar-refractivity contribution in [1.29, 1.82) is 0 Å². The SMILES string of the molecule is CC(=O)Nc1cccc(-n2nnnc2SCc2nc(N)nc(N(C)C)n2)c1. The number of amides is 1. The first-order valence-electron chi connectivity index (χ1n) is 7.89. The second-order valence-electron chi connectivity index (χ2n) is 5.70. The minimum absolute atomic E-state index is 0.150. The Bertz CT molecular complexity index is 957. The Kier molecular flexibility index (Phi) is 5.45. The molecule has 2 heterocycles. The van der Waals surface area contributed by atoms with Crippen LogP contribution in [0.25, 0.3) is 5.69 Å². The molecule has 0 bridgehead atoms. The summed E-state index contributed by atoms with van der Waals surface area (Å²) >= 11 is 1.36. The number of nitrogens with zero attached hydrogens (tertiary/aromatic N) is 8. The lowest BCUT2D eigenvalue weighted by molar-refractivity contribution is -0.114. The summed E-state index contributed by atoms with van der Waals surface area (Å²) in [6.45, 7) is 1.45. The number of benzene rings is 1. The van der Waals surface area contributed by atoms with E-state index in [1.54, 1.807) is 21.7 Å². The molecular formula is C15H18N10OS. The molecule has 1 amide bonds. The zero-order valence-electron chi connectivity index (χ0n) is 15.0. The molecule has 0 unspecified atom stereocenters. The number of nitrogen functional groups attached to an aromatic ring is 1. The third-order valence-corrected chi connectivity index (χ3v) is 4.18. The van der Waals surface area contributed by atoms with Gasteiger partial charge in [0.2, 0.25) is 23.0 Å². The normalized spacial score (nSPS) is 10.6. The van der Waals surface area contributed by atoms with E-state index in [4.69, 9.17) is 5.73 Å². The number of tetrazole rings is 1. The number of thioether (sulfide) groups is 1. The fourth-order valence-electron chi connectivity index (χ4n) is 2.17. The van der Waals surface area contributed by atoms with Gasteiger partial charge in [-0.25, -0.2) is 0 Å². The molecule has 11 nitrogen and oxygen atoms in total. The van der Waals surface area contributed by atoms with E-state index in [0.29, 0.717) is 28.4 Å². The summed E-state index contributed by atoms with van der Waals surface area (Å²) < 4.78 is 1.58. The van der Waals surface area contributed by atoms with Crippen molar-refractivity contribution in [3.63, 3.8) is 0 Å². The Morgan fingerprint density at radius 1 is 1.30 bits per heavy atom. The average molecular weight is 386 g/mol. The minimum Gasteiger partial charge on any atom is -0.368 e. The van der Waals surface area contributed by atoms with Crippen LogP contribution >= 0.6 is 11.8 Å². The molecule has 3 N–H and O–H groups in total. The molecule has 0 saturated heterocycles. The third-order valence-electron chi connectivity index (χ3n) is 3.27. The Hall–Kier alpha value is -3.28. The first-order chi connectivity index (χ1) is 12.9. The van der Waals surface area contributed by atoms with Gasteiger partial charge in [0.05, 0.1) is 11.4 Å². The Morgan fingerprint density at radius 2 is 2.11 bits per heavy atom. The van der Waals surface area contributed by atoms with Crippen LogP contribution in [0.3, 0.4) is 0 Å². The van der Waals surface area contributed by atoms with E-state index in [-0.39, 0.29) is 11.9 Å². The van der Waals surface area contributed by atoms with Gasteiger partial charge < -0.3 is 16.0 Å². The zero-order valence-corrected chi connectivity index (χ0v) is 15.8. The molecule has 0 fully saturated rings. The van der Waals surface area contributed by atoms with Crippen molar-refractivity contribution in [2.45, 2.75) is 17.8 Å². The highest BCUT2D eigenvalue weighted by molar-refractivity contribution is 7.98. The molecule has 3 aromatic rings. The molecule has 0 aliphatic carbocycles. The molecule has 0 aliphatic heterocycles. The van der Waals surface area contributed by atoms with E-state index in [0.717, 1.165) is 5.69 Å². The van der Waals surface area contributed by atoms with Gasteiger partial charge in [0.1, 0.15) is 5.82 Å². The number of hydrogen-bond acceptors (Lipinski definition) is 10. The molecule has 1 aromatic carbocycles. The number of hydrogen-bond donors (Lipinski definition) is 2. The fraction of sp³-hybridized carbons (Fsp3) is 0.267. The van der Waals surface area contributed by atoms with E-state index in [1.807, 2.05) is 26.2 Å².